The molecule has 134 valence electrons. The van der Waals surface area contributed by atoms with Crippen LogP contribution in [0, 0.1) is 12.8 Å². The summed E-state index contributed by atoms with van der Waals surface area (Å²) in [5.74, 6) is 0.738. The molecule has 4 nitrogen and oxygen atoms in total. The number of benzene rings is 2. The second-order valence-corrected chi connectivity index (χ2v) is 7.62. The molecule has 0 bridgehead atoms. The molecule has 4 rings (SSSR count). The normalized spacial score (nSPS) is 15.6. The highest BCUT2D eigenvalue weighted by Gasteiger charge is 2.24. The van der Waals surface area contributed by atoms with Gasteiger partial charge in [0.25, 0.3) is 0 Å². The van der Waals surface area contributed by atoms with E-state index in [9.17, 15) is 4.79 Å². The zero-order valence-corrected chi connectivity index (χ0v) is 15.9. The van der Waals surface area contributed by atoms with Crippen molar-refractivity contribution in [3.8, 4) is 11.4 Å². The molecule has 6 heteroatoms. The van der Waals surface area contributed by atoms with E-state index < -0.39 is 0 Å². The number of imidazole rings is 1. The number of carbonyl (C=O) groups is 1. The van der Waals surface area contributed by atoms with Crippen LogP contribution in [0.2, 0.25) is 5.02 Å². The van der Waals surface area contributed by atoms with E-state index in [0.29, 0.717) is 5.02 Å². The minimum atomic E-state index is -0.223. The number of piperidine rings is 1. The van der Waals surface area contributed by atoms with E-state index in [2.05, 4.69) is 33.9 Å². The van der Waals surface area contributed by atoms with Crippen LogP contribution in [-0.2, 0) is 4.79 Å². The van der Waals surface area contributed by atoms with Gasteiger partial charge in [0.15, 0.2) is 0 Å². The molecule has 1 fully saturated rings. The average Bonchev–Trinajstić information content (AvgIpc) is 3.05. The van der Waals surface area contributed by atoms with E-state index in [1.165, 1.54) is 5.56 Å². The first-order valence-electron chi connectivity index (χ1n) is 8.72. The molecule has 1 aliphatic rings. The van der Waals surface area contributed by atoms with Crippen LogP contribution < -0.4 is 4.90 Å². The Morgan fingerprint density at radius 1 is 1.19 bits per heavy atom. The van der Waals surface area contributed by atoms with Crippen LogP contribution in [-0.4, -0.2) is 28.3 Å². The highest BCUT2D eigenvalue weighted by molar-refractivity contribution is 6.64. The van der Waals surface area contributed by atoms with E-state index in [0.717, 1.165) is 54.0 Å². The van der Waals surface area contributed by atoms with Crippen molar-refractivity contribution in [3.05, 3.63) is 47.0 Å². The quantitative estimate of drug-likeness (QED) is 0.630. The largest absolute Gasteiger partial charge is 0.371 e. The number of halogens is 2. The topological polar surface area (TPSA) is 49.0 Å². The molecule has 26 heavy (non-hydrogen) atoms. The Hall–Kier alpha value is -2.04. The standard InChI is InChI=1S/C20H19Cl2N3O/c1-12-2-5-17-18(10-12)24-20(23-17)15-11-14(3-4-16(15)21)25-8-6-13(7-9-25)19(22)26/h2-5,10-11,13H,6-9H2,1H3,(H,23,24). The molecule has 2 heterocycles. The predicted octanol–water partition coefficient (Wildman–Crippen LogP) is 5.17. The van der Waals surface area contributed by atoms with Gasteiger partial charge < -0.3 is 9.88 Å². The van der Waals surface area contributed by atoms with Gasteiger partial charge in [-0.25, -0.2) is 4.98 Å². The van der Waals surface area contributed by atoms with Gasteiger partial charge in [0.05, 0.1) is 16.1 Å². The zero-order chi connectivity index (χ0) is 18.3. The summed E-state index contributed by atoms with van der Waals surface area (Å²) < 4.78 is 0. The molecular weight excluding hydrogens is 369 g/mol. The number of hydrogen-bond donors (Lipinski definition) is 1. The van der Waals surface area contributed by atoms with Gasteiger partial charge in [-0.15, -0.1) is 0 Å². The summed E-state index contributed by atoms with van der Waals surface area (Å²) in [6, 6.07) is 12.1. The first-order valence-corrected chi connectivity index (χ1v) is 9.47. The Morgan fingerprint density at radius 3 is 2.69 bits per heavy atom. The number of nitrogens with zero attached hydrogens (tertiary/aromatic N) is 2. The number of carbonyl (C=O) groups excluding carboxylic acids is 1. The second-order valence-electron chi connectivity index (χ2n) is 6.84. The lowest BCUT2D eigenvalue weighted by Crippen LogP contribution is -2.35. The minimum absolute atomic E-state index is 0.0294. The summed E-state index contributed by atoms with van der Waals surface area (Å²) in [7, 11) is 0. The SMILES string of the molecule is Cc1ccc2nc(-c3cc(N4CCC(C(=O)Cl)CC4)ccc3Cl)[nH]c2c1. The highest BCUT2D eigenvalue weighted by Crippen LogP contribution is 2.33. The van der Waals surface area contributed by atoms with Crippen LogP contribution in [0.4, 0.5) is 5.69 Å². The van der Waals surface area contributed by atoms with E-state index in [1.807, 2.05) is 24.3 Å². The molecule has 0 saturated carbocycles. The van der Waals surface area contributed by atoms with Crippen molar-refractivity contribution >= 4 is 45.2 Å². The molecule has 0 spiro atoms. The fourth-order valence-corrected chi connectivity index (χ4v) is 3.93. The Morgan fingerprint density at radius 2 is 1.96 bits per heavy atom. The molecule has 1 aliphatic heterocycles. The van der Waals surface area contributed by atoms with E-state index in [1.54, 1.807) is 0 Å². The molecule has 2 aromatic carbocycles. The Kier molecular flexibility index (Phi) is 4.63. The Bertz CT molecular complexity index is 974. The molecule has 0 amide bonds. The lowest BCUT2D eigenvalue weighted by molar-refractivity contribution is -0.115. The number of fused-ring (bicyclic) bond motifs is 1. The van der Waals surface area contributed by atoms with Crippen LogP contribution in [0.3, 0.4) is 0 Å². The number of hydrogen-bond acceptors (Lipinski definition) is 3. The maximum Gasteiger partial charge on any atom is 0.224 e. The summed E-state index contributed by atoms with van der Waals surface area (Å²) in [6.07, 6.45) is 1.56. The maximum absolute atomic E-state index is 11.4. The molecule has 3 aromatic rings. The molecular formula is C20H19Cl2N3O. The number of aromatic amines is 1. The van der Waals surface area contributed by atoms with Crippen molar-refractivity contribution in [2.45, 2.75) is 19.8 Å². The van der Waals surface area contributed by atoms with Crippen LogP contribution in [0.1, 0.15) is 18.4 Å². The summed E-state index contributed by atoms with van der Waals surface area (Å²) in [5, 5.41) is 0.439. The number of aryl methyl sites for hydroxylation is 1. The number of nitrogens with one attached hydrogen (secondary N) is 1. The first kappa shape index (κ1) is 17.4. The molecule has 1 N–H and O–H groups in total. The van der Waals surface area contributed by atoms with E-state index in [4.69, 9.17) is 23.2 Å². The van der Waals surface area contributed by atoms with Gasteiger partial charge in [-0.05, 0) is 67.3 Å². The fourth-order valence-electron chi connectivity index (χ4n) is 3.51. The predicted molar refractivity (Wildman–Crippen MR) is 107 cm³/mol. The zero-order valence-electron chi connectivity index (χ0n) is 14.4. The summed E-state index contributed by atoms with van der Waals surface area (Å²) >= 11 is 12.1. The van der Waals surface area contributed by atoms with Gasteiger partial charge in [0.2, 0.25) is 5.24 Å². The molecule has 0 aliphatic carbocycles. The van der Waals surface area contributed by atoms with Crippen molar-refractivity contribution in [1.82, 2.24) is 9.97 Å². The molecule has 1 aromatic heterocycles. The average molecular weight is 388 g/mol. The van der Waals surface area contributed by atoms with Gasteiger partial charge in [-0.2, -0.15) is 0 Å². The Balaban J connectivity index is 1.65. The maximum atomic E-state index is 11.4. The first-order chi connectivity index (χ1) is 12.5. The molecule has 0 radical (unpaired) electrons. The van der Waals surface area contributed by atoms with Crippen LogP contribution >= 0.6 is 23.2 Å². The number of H-pyrrole nitrogens is 1. The number of anilines is 1. The monoisotopic (exact) mass is 387 g/mol. The molecule has 1 saturated heterocycles. The van der Waals surface area contributed by atoms with E-state index in [-0.39, 0.29) is 11.2 Å². The fraction of sp³-hybridized carbons (Fsp3) is 0.300. The Labute approximate surface area is 162 Å². The van der Waals surface area contributed by atoms with Gasteiger partial charge >= 0.3 is 0 Å². The molecule has 0 atom stereocenters. The van der Waals surface area contributed by atoms with Crippen LogP contribution in [0.5, 0.6) is 0 Å². The van der Waals surface area contributed by atoms with Crippen LogP contribution in [0.15, 0.2) is 36.4 Å². The van der Waals surface area contributed by atoms with Crippen molar-refractivity contribution < 1.29 is 4.79 Å². The summed E-state index contributed by atoms with van der Waals surface area (Å²) in [6.45, 7) is 3.68. The van der Waals surface area contributed by atoms with Gasteiger partial charge in [0.1, 0.15) is 5.82 Å². The van der Waals surface area contributed by atoms with E-state index >= 15 is 0 Å². The van der Waals surface area contributed by atoms with Crippen molar-refractivity contribution in [1.29, 1.82) is 0 Å². The smallest absolute Gasteiger partial charge is 0.224 e. The highest BCUT2D eigenvalue weighted by atomic mass is 35.5. The summed E-state index contributed by atoms with van der Waals surface area (Å²) in [4.78, 5) is 21.7. The van der Waals surface area contributed by atoms with Crippen molar-refractivity contribution in [2.75, 3.05) is 18.0 Å². The van der Waals surface area contributed by atoms with Crippen LogP contribution in [0.25, 0.3) is 22.4 Å². The third kappa shape index (κ3) is 3.31. The third-order valence-corrected chi connectivity index (χ3v) is 5.66. The van der Waals surface area contributed by atoms with Crippen molar-refractivity contribution in [2.24, 2.45) is 5.92 Å². The van der Waals surface area contributed by atoms with Crippen molar-refractivity contribution in [3.63, 3.8) is 0 Å². The number of rotatable bonds is 3. The van der Waals surface area contributed by atoms with Gasteiger partial charge in [-0.1, -0.05) is 17.7 Å². The molecule has 0 unspecified atom stereocenters. The lowest BCUT2D eigenvalue weighted by atomic mass is 9.97. The second kappa shape index (κ2) is 6.93. The third-order valence-electron chi connectivity index (χ3n) is 5.02. The minimum Gasteiger partial charge on any atom is -0.371 e. The van der Waals surface area contributed by atoms with Gasteiger partial charge in [0, 0.05) is 30.3 Å². The van der Waals surface area contributed by atoms with Gasteiger partial charge in [-0.3, -0.25) is 4.79 Å². The number of aromatic nitrogens is 2. The lowest BCUT2D eigenvalue weighted by Gasteiger charge is -2.32. The summed E-state index contributed by atoms with van der Waals surface area (Å²) in [5.41, 5.74) is 5.08.